The molecule has 0 amide bonds. The third-order valence-corrected chi connectivity index (χ3v) is 4.20. The van der Waals surface area contributed by atoms with Crippen molar-refractivity contribution in [2.45, 2.75) is 25.3 Å². The normalized spacial score (nSPS) is 18.2. The predicted octanol–water partition coefficient (Wildman–Crippen LogP) is 2.28. The van der Waals surface area contributed by atoms with Crippen molar-refractivity contribution in [2.24, 2.45) is 0 Å². The van der Waals surface area contributed by atoms with Crippen molar-refractivity contribution in [1.82, 2.24) is 5.32 Å². The highest BCUT2D eigenvalue weighted by Gasteiger charge is 2.29. The van der Waals surface area contributed by atoms with E-state index in [2.05, 4.69) is 23.2 Å². The van der Waals surface area contributed by atoms with E-state index < -0.39 is 0 Å². The van der Waals surface area contributed by atoms with Crippen LogP contribution in [0.4, 0.5) is 5.69 Å². The van der Waals surface area contributed by atoms with Gasteiger partial charge in [0.1, 0.15) is 11.5 Å². The van der Waals surface area contributed by atoms with Gasteiger partial charge in [-0.1, -0.05) is 0 Å². The van der Waals surface area contributed by atoms with E-state index in [1.54, 1.807) is 14.2 Å². The Bertz CT molecular complexity index is 426. The second-order valence-corrected chi connectivity index (χ2v) is 5.34. The van der Waals surface area contributed by atoms with Gasteiger partial charge in [0, 0.05) is 24.7 Å². The van der Waals surface area contributed by atoms with Crippen molar-refractivity contribution >= 4 is 5.69 Å². The molecule has 1 aliphatic rings. The number of ether oxygens (including phenoxy) is 2. The Hall–Kier alpha value is -1.42. The lowest BCUT2D eigenvalue weighted by molar-refractivity contribution is 0.303. The third kappa shape index (κ3) is 2.95. The summed E-state index contributed by atoms with van der Waals surface area (Å²) in [5, 5.41) is 3.42. The van der Waals surface area contributed by atoms with E-state index in [0.717, 1.165) is 43.1 Å². The largest absolute Gasteiger partial charge is 0.497 e. The molecule has 0 bridgehead atoms. The molecule has 19 heavy (non-hydrogen) atoms. The van der Waals surface area contributed by atoms with Crippen molar-refractivity contribution < 1.29 is 9.47 Å². The second kappa shape index (κ2) is 5.70. The van der Waals surface area contributed by atoms with Gasteiger partial charge in [0.2, 0.25) is 0 Å². The molecule has 0 atom stereocenters. The highest BCUT2D eigenvalue weighted by atomic mass is 16.5. The van der Waals surface area contributed by atoms with Crippen LogP contribution in [0.2, 0.25) is 0 Å². The number of hydrogen-bond donors (Lipinski definition) is 1. The average molecular weight is 264 g/mol. The molecule has 1 saturated heterocycles. The quantitative estimate of drug-likeness (QED) is 0.904. The van der Waals surface area contributed by atoms with E-state index in [0.29, 0.717) is 0 Å². The summed E-state index contributed by atoms with van der Waals surface area (Å²) in [7, 11) is 5.45. The van der Waals surface area contributed by atoms with Crippen LogP contribution in [0.5, 0.6) is 11.5 Å². The van der Waals surface area contributed by atoms with Gasteiger partial charge in [-0.05, 0) is 38.9 Å². The molecule has 1 N–H and O–H groups in total. The van der Waals surface area contributed by atoms with Crippen LogP contribution < -0.4 is 19.7 Å². The lowest BCUT2D eigenvalue weighted by Crippen LogP contribution is -2.50. The Labute approximate surface area is 115 Å². The number of hydrogen-bond acceptors (Lipinski definition) is 4. The summed E-state index contributed by atoms with van der Waals surface area (Å²) in [5.41, 5.74) is 1.38. The molecule has 1 fully saturated rings. The molecular weight excluding hydrogens is 240 g/mol. The van der Waals surface area contributed by atoms with Crippen LogP contribution >= 0.6 is 0 Å². The van der Waals surface area contributed by atoms with E-state index in [1.807, 2.05) is 19.2 Å². The van der Waals surface area contributed by atoms with Crippen LogP contribution in [-0.2, 0) is 0 Å². The summed E-state index contributed by atoms with van der Waals surface area (Å²) in [6, 6.07) is 5.96. The fourth-order valence-electron chi connectivity index (χ4n) is 2.54. The first-order valence-corrected chi connectivity index (χ1v) is 6.78. The van der Waals surface area contributed by atoms with Crippen molar-refractivity contribution in [1.29, 1.82) is 0 Å². The van der Waals surface area contributed by atoms with Crippen LogP contribution in [0.15, 0.2) is 18.2 Å². The molecule has 0 aromatic heterocycles. The van der Waals surface area contributed by atoms with Crippen LogP contribution in [0.1, 0.15) is 19.8 Å². The molecule has 2 rings (SSSR count). The first-order valence-electron chi connectivity index (χ1n) is 6.78. The van der Waals surface area contributed by atoms with Gasteiger partial charge in [-0.2, -0.15) is 0 Å². The fraction of sp³-hybridized carbons (Fsp3) is 0.600. The van der Waals surface area contributed by atoms with Gasteiger partial charge in [-0.3, -0.25) is 0 Å². The minimum absolute atomic E-state index is 0.253. The van der Waals surface area contributed by atoms with E-state index >= 15 is 0 Å². The van der Waals surface area contributed by atoms with Crippen molar-refractivity contribution in [2.75, 3.05) is 39.3 Å². The monoisotopic (exact) mass is 264 g/mol. The van der Waals surface area contributed by atoms with Gasteiger partial charge < -0.3 is 19.7 Å². The summed E-state index contributed by atoms with van der Waals surface area (Å²) in [4.78, 5) is 2.38. The van der Waals surface area contributed by atoms with Crippen molar-refractivity contribution in [3.05, 3.63) is 18.2 Å². The zero-order valence-corrected chi connectivity index (χ0v) is 12.3. The Balaban J connectivity index is 2.18. The molecule has 106 valence electrons. The topological polar surface area (TPSA) is 33.7 Å². The molecule has 1 aromatic carbocycles. The van der Waals surface area contributed by atoms with Gasteiger partial charge in [-0.15, -0.1) is 0 Å². The summed E-state index contributed by atoms with van der Waals surface area (Å²) in [6.07, 6.45) is 2.26. The molecule has 1 aliphatic heterocycles. The first-order chi connectivity index (χ1) is 9.11. The zero-order chi connectivity index (χ0) is 13.9. The maximum Gasteiger partial charge on any atom is 0.142 e. The SMILES string of the molecule is CNC1(C)CCN(c2cc(OC)ccc2OC)CC1. The molecule has 0 saturated carbocycles. The number of rotatable bonds is 4. The van der Waals surface area contributed by atoms with Crippen molar-refractivity contribution in [3.63, 3.8) is 0 Å². The van der Waals surface area contributed by atoms with Gasteiger partial charge in [0.15, 0.2) is 0 Å². The fourth-order valence-corrected chi connectivity index (χ4v) is 2.54. The summed E-state index contributed by atoms with van der Waals surface area (Å²) in [5.74, 6) is 1.78. The minimum atomic E-state index is 0.253. The predicted molar refractivity (Wildman–Crippen MR) is 78.5 cm³/mol. The molecule has 1 aromatic rings. The van der Waals surface area contributed by atoms with Gasteiger partial charge in [0.25, 0.3) is 0 Å². The Kier molecular flexibility index (Phi) is 4.20. The molecule has 0 radical (unpaired) electrons. The van der Waals surface area contributed by atoms with Crippen molar-refractivity contribution in [3.8, 4) is 11.5 Å². The van der Waals surface area contributed by atoms with E-state index in [1.165, 1.54) is 0 Å². The molecule has 4 nitrogen and oxygen atoms in total. The van der Waals surface area contributed by atoms with Crippen LogP contribution in [0.25, 0.3) is 0 Å². The minimum Gasteiger partial charge on any atom is -0.497 e. The number of nitrogens with zero attached hydrogens (tertiary/aromatic N) is 1. The van der Waals surface area contributed by atoms with Gasteiger partial charge >= 0.3 is 0 Å². The lowest BCUT2D eigenvalue weighted by Gasteiger charge is -2.40. The molecule has 0 aliphatic carbocycles. The Morgan fingerprint density at radius 3 is 2.37 bits per heavy atom. The first kappa shape index (κ1) is 14.0. The smallest absolute Gasteiger partial charge is 0.142 e. The standard InChI is InChI=1S/C15H24N2O2/c1-15(16-2)7-9-17(10-8-15)13-11-12(18-3)5-6-14(13)19-4/h5-6,11,16H,7-10H2,1-4H3. The van der Waals surface area contributed by atoms with Crippen LogP contribution in [-0.4, -0.2) is 39.9 Å². The van der Waals surface area contributed by atoms with E-state index in [4.69, 9.17) is 9.47 Å². The highest BCUT2D eigenvalue weighted by Crippen LogP contribution is 2.35. The number of nitrogens with one attached hydrogen (secondary N) is 1. The van der Waals surface area contributed by atoms with E-state index in [-0.39, 0.29) is 5.54 Å². The van der Waals surface area contributed by atoms with Crippen LogP contribution in [0.3, 0.4) is 0 Å². The molecule has 0 spiro atoms. The molecule has 0 unspecified atom stereocenters. The Morgan fingerprint density at radius 1 is 1.16 bits per heavy atom. The van der Waals surface area contributed by atoms with Crippen LogP contribution in [0, 0.1) is 0 Å². The van der Waals surface area contributed by atoms with E-state index in [9.17, 15) is 0 Å². The number of benzene rings is 1. The molecule has 1 heterocycles. The lowest BCUT2D eigenvalue weighted by atomic mass is 9.89. The summed E-state index contributed by atoms with van der Waals surface area (Å²) >= 11 is 0. The zero-order valence-electron chi connectivity index (χ0n) is 12.3. The molecule has 4 heteroatoms. The Morgan fingerprint density at radius 2 is 1.84 bits per heavy atom. The number of anilines is 1. The second-order valence-electron chi connectivity index (χ2n) is 5.34. The maximum atomic E-state index is 5.46. The number of piperidine rings is 1. The maximum absolute atomic E-state index is 5.46. The van der Waals surface area contributed by atoms with Gasteiger partial charge in [0.05, 0.1) is 19.9 Å². The molecular formula is C15H24N2O2. The number of methoxy groups -OCH3 is 2. The summed E-state index contributed by atoms with van der Waals surface area (Å²) < 4.78 is 10.8. The highest BCUT2D eigenvalue weighted by molar-refractivity contribution is 5.62. The third-order valence-electron chi connectivity index (χ3n) is 4.20. The average Bonchev–Trinajstić information content (AvgIpc) is 2.47. The summed E-state index contributed by atoms with van der Waals surface area (Å²) in [6.45, 7) is 4.34. The van der Waals surface area contributed by atoms with Gasteiger partial charge in [-0.25, -0.2) is 0 Å².